The molecule has 12 heteroatoms. The van der Waals surface area contributed by atoms with Gasteiger partial charge < -0.3 is 10.2 Å². The van der Waals surface area contributed by atoms with Gasteiger partial charge in [0.2, 0.25) is 11.8 Å². The standard InChI is InChI=1S/C35H33Cl4N3O4S/c36-26-19-18-25(30(38)21-26)22-41(32(20-24-10-3-1-4-11-24)35(44)40-27-12-7-8-13-27)33(43)23-42(31-17-9-16-29(37)34(31)39)47(45,46)28-14-5-2-6-15-28/h1-6,9-11,14-19,21,27,32H,7-8,12-13,20,22-23H2,(H,40,44). The summed E-state index contributed by atoms with van der Waals surface area (Å²) in [5.41, 5.74) is 1.39. The van der Waals surface area contributed by atoms with Crippen molar-refractivity contribution in [3.05, 3.63) is 128 Å². The molecular formula is C35H33Cl4N3O4S. The fourth-order valence-corrected chi connectivity index (χ4v) is 8.04. The van der Waals surface area contributed by atoms with Crippen molar-refractivity contribution in [2.24, 2.45) is 0 Å². The maximum atomic E-state index is 14.7. The van der Waals surface area contributed by atoms with Gasteiger partial charge in [-0.2, -0.15) is 0 Å². The van der Waals surface area contributed by atoms with Crippen LogP contribution < -0.4 is 9.62 Å². The molecular weight excluding hydrogens is 700 g/mol. The van der Waals surface area contributed by atoms with Crippen molar-refractivity contribution in [3.63, 3.8) is 0 Å². The summed E-state index contributed by atoms with van der Waals surface area (Å²) in [6, 6.07) is 25.5. The lowest BCUT2D eigenvalue weighted by atomic mass is 10.0. The number of hydrogen-bond donors (Lipinski definition) is 1. The topological polar surface area (TPSA) is 86.8 Å². The number of hydrogen-bond acceptors (Lipinski definition) is 4. The molecule has 1 saturated carbocycles. The van der Waals surface area contributed by atoms with Crippen LogP contribution in [0.15, 0.2) is 102 Å². The molecule has 2 amide bonds. The van der Waals surface area contributed by atoms with E-state index < -0.39 is 28.5 Å². The van der Waals surface area contributed by atoms with Gasteiger partial charge >= 0.3 is 0 Å². The van der Waals surface area contributed by atoms with Gasteiger partial charge in [-0.25, -0.2) is 8.42 Å². The van der Waals surface area contributed by atoms with Crippen LogP contribution in [0.5, 0.6) is 0 Å². The van der Waals surface area contributed by atoms with Crippen molar-refractivity contribution in [3.8, 4) is 0 Å². The third-order valence-electron chi connectivity index (χ3n) is 8.14. The largest absolute Gasteiger partial charge is 0.352 e. The van der Waals surface area contributed by atoms with Crippen LogP contribution in [-0.2, 0) is 32.6 Å². The van der Waals surface area contributed by atoms with Gasteiger partial charge in [0.1, 0.15) is 12.6 Å². The second-order valence-corrected chi connectivity index (χ2v) is 14.8. The smallest absolute Gasteiger partial charge is 0.264 e. The minimum atomic E-state index is -4.33. The minimum Gasteiger partial charge on any atom is -0.352 e. The van der Waals surface area contributed by atoms with Crippen LogP contribution in [0.2, 0.25) is 20.1 Å². The van der Waals surface area contributed by atoms with E-state index in [0.29, 0.717) is 15.6 Å². The fourth-order valence-electron chi connectivity index (χ4n) is 5.67. The lowest BCUT2D eigenvalue weighted by molar-refractivity contribution is -0.140. The summed E-state index contributed by atoms with van der Waals surface area (Å²) in [7, 11) is -4.33. The van der Waals surface area contributed by atoms with E-state index in [1.165, 1.54) is 29.2 Å². The summed E-state index contributed by atoms with van der Waals surface area (Å²) >= 11 is 25.7. The number of carbonyl (C=O) groups is 2. The Hall–Kier alpha value is -3.27. The molecule has 1 N–H and O–H groups in total. The lowest BCUT2D eigenvalue weighted by Gasteiger charge is -2.34. The van der Waals surface area contributed by atoms with Crippen LogP contribution in [0.25, 0.3) is 0 Å². The predicted molar refractivity (Wildman–Crippen MR) is 189 cm³/mol. The third-order valence-corrected chi connectivity index (χ3v) is 11.3. The number of amides is 2. The quantitative estimate of drug-likeness (QED) is 0.159. The number of benzene rings is 4. The molecule has 246 valence electrons. The van der Waals surface area contributed by atoms with Gasteiger partial charge in [0, 0.05) is 29.1 Å². The molecule has 1 aliphatic carbocycles. The molecule has 0 saturated heterocycles. The molecule has 1 fully saturated rings. The molecule has 47 heavy (non-hydrogen) atoms. The van der Waals surface area contributed by atoms with Crippen LogP contribution in [0.1, 0.15) is 36.8 Å². The van der Waals surface area contributed by atoms with Gasteiger partial charge in [0.15, 0.2) is 0 Å². The second-order valence-electron chi connectivity index (χ2n) is 11.4. The van der Waals surface area contributed by atoms with Crippen LogP contribution in [-0.4, -0.2) is 43.8 Å². The van der Waals surface area contributed by atoms with Crippen molar-refractivity contribution >= 4 is 73.9 Å². The minimum absolute atomic E-state index is 0.0166. The van der Waals surface area contributed by atoms with E-state index in [9.17, 15) is 18.0 Å². The number of sulfonamides is 1. The first-order valence-corrected chi connectivity index (χ1v) is 18.1. The Bertz CT molecular complexity index is 1820. The predicted octanol–water partition coefficient (Wildman–Crippen LogP) is 8.19. The highest BCUT2D eigenvalue weighted by atomic mass is 35.5. The highest BCUT2D eigenvalue weighted by molar-refractivity contribution is 7.92. The molecule has 5 rings (SSSR count). The Labute approximate surface area is 295 Å². The fraction of sp³-hybridized carbons (Fsp3) is 0.257. The molecule has 0 bridgehead atoms. The molecule has 1 unspecified atom stereocenters. The number of nitrogens with one attached hydrogen (secondary N) is 1. The monoisotopic (exact) mass is 731 g/mol. The van der Waals surface area contributed by atoms with Crippen molar-refractivity contribution < 1.29 is 18.0 Å². The summed E-state index contributed by atoms with van der Waals surface area (Å²) in [5, 5.41) is 3.94. The zero-order valence-electron chi connectivity index (χ0n) is 25.3. The molecule has 7 nitrogen and oxygen atoms in total. The highest BCUT2D eigenvalue weighted by Gasteiger charge is 2.36. The van der Waals surface area contributed by atoms with E-state index in [0.717, 1.165) is 35.6 Å². The average Bonchev–Trinajstić information content (AvgIpc) is 3.57. The van der Waals surface area contributed by atoms with Crippen LogP contribution in [0.3, 0.4) is 0 Å². The summed E-state index contributed by atoms with van der Waals surface area (Å²) in [4.78, 5) is 30.1. The normalized spacial score (nSPS) is 14.0. The molecule has 0 aromatic heterocycles. The molecule has 4 aromatic carbocycles. The number of anilines is 1. The molecule has 1 aliphatic rings. The summed E-state index contributed by atoms with van der Waals surface area (Å²) < 4.78 is 29.3. The SMILES string of the molecule is O=C(NC1CCCC1)C(Cc1ccccc1)N(Cc1ccc(Cl)cc1Cl)C(=O)CN(c1cccc(Cl)c1Cl)S(=O)(=O)c1ccccc1. The van der Waals surface area contributed by atoms with E-state index in [2.05, 4.69) is 5.32 Å². The van der Waals surface area contributed by atoms with Gasteiger partial charge in [-0.1, -0.05) is 120 Å². The Balaban J connectivity index is 1.60. The highest BCUT2D eigenvalue weighted by Crippen LogP contribution is 2.36. The van der Waals surface area contributed by atoms with E-state index >= 15 is 0 Å². The van der Waals surface area contributed by atoms with Crippen molar-refractivity contribution in [2.45, 2.75) is 55.6 Å². The average molecular weight is 734 g/mol. The third kappa shape index (κ3) is 8.61. The van der Waals surface area contributed by atoms with Gasteiger partial charge in [0.05, 0.1) is 20.6 Å². The molecule has 4 aromatic rings. The van der Waals surface area contributed by atoms with Crippen LogP contribution in [0, 0.1) is 0 Å². The molecule has 0 aliphatic heterocycles. The molecule has 0 spiro atoms. The Morgan fingerprint density at radius 3 is 2.13 bits per heavy atom. The molecule has 1 atom stereocenters. The van der Waals surface area contributed by atoms with Gasteiger partial charge in [0.25, 0.3) is 10.0 Å². The number of rotatable bonds is 12. The van der Waals surface area contributed by atoms with E-state index in [-0.39, 0.29) is 45.5 Å². The van der Waals surface area contributed by atoms with Crippen molar-refractivity contribution in [1.82, 2.24) is 10.2 Å². The van der Waals surface area contributed by atoms with Crippen molar-refractivity contribution in [2.75, 3.05) is 10.8 Å². The molecule has 0 radical (unpaired) electrons. The van der Waals surface area contributed by atoms with E-state index in [4.69, 9.17) is 46.4 Å². The van der Waals surface area contributed by atoms with Gasteiger partial charge in [-0.15, -0.1) is 0 Å². The van der Waals surface area contributed by atoms with Gasteiger partial charge in [-0.05, 0) is 60.4 Å². The Morgan fingerprint density at radius 1 is 0.809 bits per heavy atom. The first-order chi connectivity index (χ1) is 22.5. The Morgan fingerprint density at radius 2 is 1.47 bits per heavy atom. The summed E-state index contributed by atoms with van der Waals surface area (Å²) in [6.07, 6.45) is 3.88. The maximum absolute atomic E-state index is 14.7. The van der Waals surface area contributed by atoms with Crippen LogP contribution in [0.4, 0.5) is 5.69 Å². The summed E-state index contributed by atoms with van der Waals surface area (Å²) in [5.74, 6) is -0.980. The number of carbonyl (C=O) groups excluding carboxylic acids is 2. The number of halogens is 4. The second kappa shape index (κ2) is 15.8. The first kappa shape index (κ1) is 35.0. The first-order valence-electron chi connectivity index (χ1n) is 15.1. The van der Waals surface area contributed by atoms with E-state index in [1.807, 2.05) is 30.3 Å². The lowest BCUT2D eigenvalue weighted by Crippen LogP contribution is -2.54. The summed E-state index contributed by atoms with van der Waals surface area (Å²) in [6.45, 7) is -0.766. The van der Waals surface area contributed by atoms with E-state index in [1.54, 1.807) is 42.5 Å². The van der Waals surface area contributed by atoms with Crippen LogP contribution >= 0.6 is 46.4 Å². The zero-order valence-corrected chi connectivity index (χ0v) is 29.1. The molecule has 0 heterocycles. The van der Waals surface area contributed by atoms with Gasteiger partial charge in [-0.3, -0.25) is 13.9 Å². The van der Waals surface area contributed by atoms with Crippen molar-refractivity contribution in [1.29, 1.82) is 0 Å². The maximum Gasteiger partial charge on any atom is 0.264 e. The Kier molecular flexibility index (Phi) is 11.7. The number of nitrogens with zero attached hydrogens (tertiary/aromatic N) is 2. The zero-order chi connectivity index (χ0) is 33.6.